The van der Waals surface area contributed by atoms with Crippen LogP contribution in [0, 0.1) is 5.92 Å². The van der Waals surface area contributed by atoms with Crippen LogP contribution in [0.3, 0.4) is 0 Å². The molecule has 1 aromatic rings. The van der Waals surface area contributed by atoms with Crippen LogP contribution >= 0.6 is 0 Å². The lowest BCUT2D eigenvalue weighted by Gasteiger charge is -2.15. The number of ketones is 1. The van der Waals surface area contributed by atoms with Crippen molar-refractivity contribution < 1.29 is 14.3 Å². The van der Waals surface area contributed by atoms with Gasteiger partial charge in [-0.15, -0.1) is 0 Å². The standard InChI is InChI=1S/C18H26O3/c1-20-12-13-21-18-11-7-6-10-16(18)17(19)14-15-8-4-2-3-5-9-15/h6-7,10-11,15H,2-5,8-9,12-14H2,1H3. The van der Waals surface area contributed by atoms with Crippen molar-refractivity contribution in [1.82, 2.24) is 0 Å². The lowest BCUT2D eigenvalue weighted by molar-refractivity contribution is 0.0949. The zero-order chi connectivity index (χ0) is 14.9. The molecule has 1 saturated carbocycles. The van der Waals surface area contributed by atoms with Crippen molar-refractivity contribution in [3.05, 3.63) is 29.8 Å². The number of rotatable bonds is 7. The molecule has 2 rings (SSSR count). The van der Waals surface area contributed by atoms with E-state index in [1.807, 2.05) is 24.3 Å². The molecule has 0 unspecified atom stereocenters. The van der Waals surface area contributed by atoms with E-state index < -0.39 is 0 Å². The van der Waals surface area contributed by atoms with Crippen molar-refractivity contribution in [2.75, 3.05) is 20.3 Å². The molecule has 1 aromatic carbocycles. The second-order valence-corrected chi connectivity index (χ2v) is 5.82. The minimum atomic E-state index is 0.218. The highest BCUT2D eigenvalue weighted by Gasteiger charge is 2.19. The molecule has 0 heterocycles. The smallest absolute Gasteiger partial charge is 0.166 e. The Labute approximate surface area is 127 Å². The van der Waals surface area contributed by atoms with E-state index in [0.29, 0.717) is 31.3 Å². The highest BCUT2D eigenvalue weighted by atomic mass is 16.5. The van der Waals surface area contributed by atoms with Gasteiger partial charge >= 0.3 is 0 Å². The zero-order valence-corrected chi connectivity index (χ0v) is 13.0. The number of ether oxygens (including phenoxy) is 2. The molecule has 0 aromatic heterocycles. The Morgan fingerprint density at radius 2 is 1.81 bits per heavy atom. The molecule has 0 amide bonds. The van der Waals surface area contributed by atoms with Crippen LogP contribution in [-0.4, -0.2) is 26.1 Å². The third kappa shape index (κ3) is 5.16. The molecule has 1 aliphatic carbocycles. The fourth-order valence-electron chi connectivity index (χ4n) is 3.00. The van der Waals surface area contributed by atoms with Crippen molar-refractivity contribution in [3.8, 4) is 5.75 Å². The Balaban J connectivity index is 1.97. The number of hydrogen-bond acceptors (Lipinski definition) is 3. The van der Waals surface area contributed by atoms with Gasteiger partial charge in [-0.1, -0.05) is 50.7 Å². The molecule has 0 radical (unpaired) electrons. The predicted molar refractivity (Wildman–Crippen MR) is 84.0 cm³/mol. The summed E-state index contributed by atoms with van der Waals surface area (Å²) in [5.74, 6) is 1.45. The van der Waals surface area contributed by atoms with E-state index in [-0.39, 0.29) is 5.78 Å². The van der Waals surface area contributed by atoms with Gasteiger partial charge in [0.05, 0.1) is 12.2 Å². The molecule has 0 saturated heterocycles. The molecule has 0 aliphatic heterocycles. The summed E-state index contributed by atoms with van der Waals surface area (Å²) in [6, 6.07) is 7.56. The van der Waals surface area contributed by atoms with E-state index >= 15 is 0 Å². The van der Waals surface area contributed by atoms with Gasteiger partial charge in [0, 0.05) is 13.5 Å². The van der Waals surface area contributed by atoms with Crippen molar-refractivity contribution >= 4 is 5.78 Å². The van der Waals surface area contributed by atoms with E-state index in [1.165, 1.54) is 38.5 Å². The Bertz CT molecular complexity index is 434. The molecule has 116 valence electrons. The van der Waals surface area contributed by atoms with Crippen LogP contribution in [0.2, 0.25) is 0 Å². The van der Waals surface area contributed by atoms with Crippen LogP contribution in [0.1, 0.15) is 55.3 Å². The number of methoxy groups -OCH3 is 1. The largest absolute Gasteiger partial charge is 0.490 e. The molecule has 0 bridgehead atoms. The van der Waals surface area contributed by atoms with Crippen LogP contribution < -0.4 is 4.74 Å². The quantitative estimate of drug-likeness (QED) is 0.428. The van der Waals surface area contributed by atoms with Crippen LogP contribution in [-0.2, 0) is 4.74 Å². The van der Waals surface area contributed by atoms with Gasteiger partial charge < -0.3 is 9.47 Å². The Morgan fingerprint density at radius 3 is 2.52 bits per heavy atom. The van der Waals surface area contributed by atoms with Gasteiger partial charge in [-0.2, -0.15) is 0 Å². The Hall–Kier alpha value is -1.35. The maximum Gasteiger partial charge on any atom is 0.166 e. The van der Waals surface area contributed by atoms with Crippen molar-refractivity contribution in [1.29, 1.82) is 0 Å². The summed E-state index contributed by atoms with van der Waals surface area (Å²) in [5, 5.41) is 0. The highest BCUT2D eigenvalue weighted by molar-refractivity contribution is 5.98. The molecule has 3 heteroatoms. The van der Waals surface area contributed by atoms with Gasteiger partial charge in [-0.3, -0.25) is 4.79 Å². The second-order valence-electron chi connectivity index (χ2n) is 5.82. The topological polar surface area (TPSA) is 35.5 Å². The highest BCUT2D eigenvalue weighted by Crippen LogP contribution is 2.28. The SMILES string of the molecule is COCCOc1ccccc1C(=O)CC1CCCCCC1. The number of hydrogen-bond donors (Lipinski definition) is 0. The average molecular weight is 290 g/mol. The molecular formula is C18H26O3. The summed E-state index contributed by atoms with van der Waals surface area (Å²) in [4.78, 5) is 12.6. The second kappa shape index (κ2) is 8.83. The average Bonchev–Trinajstić information content (AvgIpc) is 2.76. The predicted octanol–water partition coefficient (Wildman–Crippen LogP) is 4.26. The summed E-state index contributed by atoms with van der Waals surface area (Å²) in [5.41, 5.74) is 0.720. The Morgan fingerprint density at radius 1 is 1.10 bits per heavy atom. The van der Waals surface area contributed by atoms with Gasteiger partial charge in [0.25, 0.3) is 0 Å². The molecular weight excluding hydrogens is 264 g/mol. The monoisotopic (exact) mass is 290 g/mol. The fourth-order valence-corrected chi connectivity index (χ4v) is 3.00. The molecule has 0 atom stereocenters. The third-order valence-electron chi connectivity index (χ3n) is 4.18. The molecule has 21 heavy (non-hydrogen) atoms. The number of para-hydroxylation sites is 1. The maximum atomic E-state index is 12.6. The van der Waals surface area contributed by atoms with E-state index in [0.717, 1.165) is 5.56 Å². The zero-order valence-electron chi connectivity index (χ0n) is 13.0. The van der Waals surface area contributed by atoms with Gasteiger partial charge in [0.1, 0.15) is 12.4 Å². The summed E-state index contributed by atoms with van der Waals surface area (Å²) in [7, 11) is 1.65. The van der Waals surface area contributed by atoms with Crippen molar-refractivity contribution in [2.45, 2.75) is 44.9 Å². The van der Waals surface area contributed by atoms with Gasteiger partial charge in [-0.05, 0) is 18.1 Å². The number of carbonyl (C=O) groups is 1. The third-order valence-corrected chi connectivity index (χ3v) is 4.18. The van der Waals surface area contributed by atoms with Gasteiger partial charge in [0.15, 0.2) is 5.78 Å². The van der Waals surface area contributed by atoms with E-state index in [1.54, 1.807) is 7.11 Å². The summed E-state index contributed by atoms with van der Waals surface area (Å²) >= 11 is 0. The van der Waals surface area contributed by atoms with Gasteiger partial charge in [0.2, 0.25) is 0 Å². The number of Topliss-reactive ketones (excluding diaryl/α,β-unsaturated/α-hetero) is 1. The molecule has 0 spiro atoms. The first-order valence-corrected chi connectivity index (χ1v) is 8.05. The van der Waals surface area contributed by atoms with E-state index in [2.05, 4.69) is 0 Å². The summed E-state index contributed by atoms with van der Waals surface area (Å²) < 4.78 is 10.7. The fraction of sp³-hybridized carbons (Fsp3) is 0.611. The minimum absolute atomic E-state index is 0.218. The Kier molecular flexibility index (Phi) is 6.74. The van der Waals surface area contributed by atoms with Crippen LogP contribution in [0.4, 0.5) is 0 Å². The first-order chi connectivity index (χ1) is 10.3. The lowest BCUT2D eigenvalue weighted by atomic mass is 9.92. The molecule has 0 N–H and O–H groups in total. The van der Waals surface area contributed by atoms with E-state index in [4.69, 9.17) is 9.47 Å². The number of benzene rings is 1. The summed E-state index contributed by atoms with van der Waals surface area (Å²) in [6.45, 7) is 1.01. The van der Waals surface area contributed by atoms with E-state index in [9.17, 15) is 4.79 Å². The molecule has 1 fully saturated rings. The first kappa shape index (κ1) is 16.0. The number of carbonyl (C=O) groups excluding carboxylic acids is 1. The van der Waals surface area contributed by atoms with Crippen molar-refractivity contribution in [3.63, 3.8) is 0 Å². The minimum Gasteiger partial charge on any atom is -0.490 e. The maximum absolute atomic E-state index is 12.6. The summed E-state index contributed by atoms with van der Waals surface area (Å²) in [6.07, 6.45) is 8.22. The molecule has 3 nitrogen and oxygen atoms in total. The molecule has 1 aliphatic rings. The van der Waals surface area contributed by atoms with Crippen LogP contribution in [0.5, 0.6) is 5.75 Å². The normalized spacial score (nSPS) is 16.4. The van der Waals surface area contributed by atoms with Gasteiger partial charge in [-0.25, -0.2) is 0 Å². The van der Waals surface area contributed by atoms with Crippen LogP contribution in [0.15, 0.2) is 24.3 Å². The first-order valence-electron chi connectivity index (χ1n) is 8.05. The van der Waals surface area contributed by atoms with Crippen LogP contribution in [0.25, 0.3) is 0 Å². The lowest BCUT2D eigenvalue weighted by Crippen LogP contribution is -2.11. The van der Waals surface area contributed by atoms with Crippen molar-refractivity contribution in [2.24, 2.45) is 5.92 Å².